The van der Waals surface area contributed by atoms with Crippen LogP contribution in [0.3, 0.4) is 0 Å². The summed E-state index contributed by atoms with van der Waals surface area (Å²) in [6, 6.07) is 0.0372. The SMILES string of the molecule is Cc1cnn(C[C@@H]2CCCN2C(=O)[C@@H](C)n2ccnc2)c1. The third-order valence-corrected chi connectivity index (χ3v) is 4.15. The van der Waals surface area contributed by atoms with Crippen LogP contribution in [-0.4, -0.2) is 42.7 Å². The second-order valence-corrected chi connectivity index (χ2v) is 5.75. The minimum Gasteiger partial charge on any atom is -0.336 e. The maximum Gasteiger partial charge on any atom is 0.245 e. The van der Waals surface area contributed by atoms with E-state index in [2.05, 4.69) is 10.1 Å². The van der Waals surface area contributed by atoms with Gasteiger partial charge in [0.25, 0.3) is 0 Å². The monoisotopic (exact) mass is 287 g/mol. The second-order valence-electron chi connectivity index (χ2n) is 5.75. The van der Waals surface area contributed by atoms with Crippen LogP contribution in [0.4, 0.5) is 0 Å². The first-order chi connectivity index (χ1) is 10.1. The molecule has 1 fully saturated rings. The van der Waals surface area contributed by atoms with Crippen LogP contribution in [0.25, 0.3) is 0 Å². The van der Waals surface area contributed by atoms with Gasteiger partial charge in [-0.15, -0.1) is 0 Å². The molecule has 6 heteroatoms. The van der Waals surface area contributed by atoms with Crippen molar-refractivity contribution in [2.75, 3.05) is 6.54 Å². The van der Waals surface area contributed by atoms with Crippen molar-refractivity contribution in [3.63, 3.8) is 0 Å². The number of carbonyl (C=O) groups excluding carboxylic acids is 1. The number of rotatable bonds is 4. The first-order valence-corrected chi connectivity index (χ1v) is 7.42. The fourth-order valence-corrected chi connectivity index (χ4v) is 2.96. The number of nitrogens with zero attached hydrogens (tertiary/aromatic N) is 5. The van der Waals surface area contributed by atoms with Crippen LogP contribution in [0.2, 0.25) is 0 Å². The van der Waals surface area contributed by atoms with Gasteiger partial charge in [0.1, 0.15) is 6.04 Å². The van der Waals surface area contributed by atoms with Crippen molar-refractivity contribution in [3.05, 3.63) is 36.7 Å². The van der Waals surface area contributed by atoms with Crippen molar-refractivity contribution in [3.8, 4) is 0 Å². The third kappa shape index (κ3) is 2.84. The summed E-state index contributed by atoms with van der Waals surface area (Å²) < 4.78 is 3.79. The molecule has 6 nitrogen and oxygen atoms in total. The smallest absolute Gasteiger partial charge is 0.245 e. The molecule has 1 amide bonds. The van der Waals surface area contributed by atoms with Crippen molar-refractivity contribution in [1.29, 1.82) is 0 Å². The molecule has 1 aliphatic rings. The minimum atomic E-state index is -0.201. The predicted octanol–water partition coefficient (Wildman–Crippen LogP) is 1.64. The highest BCUT2D eigenvalue weighted by Crippen LogP contribution is 2.22. The van der Waals surface area contributed by atoms with E-state index in [4.69, 9.17) is 0 Å². The summed E-state index contributed by atoms with van der Waals surface area (Å²) in [6.45, 7) is 5.57. The molecule has 0 spiro atoms. The molecule has 0 aromatic carbocycles. The van der Waals surface area contributed by atoms with Gasteiger partial charge in [-0.25, -0.2) is 4.98 Å². The Labute approximate surface area is 124 Å². The van der Waals surface area contributed by atoms with E-state index < -0.39 is 0 Å². The first kappa shape index (κ1) is 13.9. The number of carbonyl (C=O) groups is 1. The average molecular weight is 287 g/mol. The molecule has 0 N–H and O–H groups in total. The van der Waals surface area contributed by atoms with Crippen molar-refractivity contribution in [2.45, 2.75) is 45.3 Å². The maximum absolute atomic E-state index is 12.7. The van der Waals surface area contributed by atoms with E-state index >= 15 is 0 Å². The van der Waals surface area contributed by atoms with Crippen LogP contribution in [0, 0.1) is 6.92 Å². The molecule has 2 atom stereocenters. The zero-order chi connectivity index (χ0) is 14.8. The number of hydrogen-bond acceptors (Lipinski definition) is 3. The highest BCUT2D eigenvalue weighted by molar-refractivity contribution is 5.80. The fraction of sp³-hybridized carbons (Fsp3) is 0.533. The summed E-state index contributed by atoms with van der Waals surface area (Å²) in [5, 5.41) is 4.33. The lowest BCUT2D eigenvalue weighted by atomic mass is 10.2. The molecule has 0 aliphatic carbocycles. The number of likely N-dealkylation sites (tertiary alicyclic amines) is 1. The highest BCUT2D eigenvalue weighted by atomic mass is 16.2. The number of hydrogen-bond donors (Lipinski definition) is 0. The number of aromatic nitrogens is 4. The Morgan fingerprint density at radius 1 is 1.52 bits per heavy atom. The molecule has 0 saturated carbocycles. The Morgan fingerprint density at radius 3 is 3.05 bits per heavy atom. The van der Waals surface area contributed by atoms with Crippen LogP contribution in [0.15, 0.2) is 31.1 Å². The lowest BCUT2D eigenvalue weighted by Gasteiger charge is -2.28. The average Bonchev–Trinajstić information content (AvgIpc) is 3.19. The Hall–Kier alpha value is -2.11. The Bertz CT molecular complexity index is 603. The van der Waals surface area contributed by atoms with E-state index in [1.165, 1.54) is 0 Å². The zero-order valence-corrected chi connectivity index (χ0v) is 12.5. The third-order valence-electron chi connectivity index (χ3n) is 4.15. The highest BCUT2D eigenvalue weighted by Gasteiger charge is 2.32. The second kappa shape index (κ2) is 5.71. The minimum absolute atomic E-state index is 0.166. The topological polar surface area (TPSA) is 56.0 Å². The molecule has 1 saturated heterocycles. The zero-order valence-electron chi connectivity index (χ0n) is 12.5. The standard InChI is InChI=1S/C15H21N5O/c1-12-8-17-19(9-12)10-14-4-3-6-20(14)15(21)13(2)18-7-5-16-11-18/h5,7-9,11,13-14H,3-4,6,10H2,1-2H3/t13-,14+/m1/s1. The summed E-state index contributed by atoms with van der Waals surface area (Å²) in [5.41, 5.74) is 1.15. The molecule has 3 heterocycles. The summed E-state index contributed by atoms with van der Waals surface area (Å²) in [7, 11) is 0. The lowest BCUT2D eigenvalue weighted by Crippen LogP contribution is -2.41. The van der Waals surface area contributed by atoms with E-state index in [9.17, 15) is 4.79 Å². The van der Waals surface area contributed by atoms with Gasteiger partial charge in [0.2, 0.25) is 5.91 Å². The Morgan fingerprint density at radius 2 is 2.38 bits per heavy atom. The van der Waals surface area contributed by atoms with Crippen molar-refractivity contribution < 1.29 is 4.79 Å². The molecule has 21 heavy (non-hydrogen) atoms. The van der Waals surface area contributed by atoms with Crippen molar-refractivity contribution in [1.82, 2.24) is 24.2 Å². The number of aryl methyl sites for hydroxylation is 1. The molecule has 2 aromatic heterocycles. The lowest BCUT2D eigenvalue weighted by molar-refractivity contribution is -0.135. The summed E-state index contributed by atoms with van der Waals surface area (Å²) in [5.74, 6) is 0.166. The largest absolute Gasteiger partial charge is 0.336 e. The molecule has 112 valence electrons. The molecule has 0 radical (unpaired) electrons. The van der Waals surface area contributed by atoms with E-state index in [1.54, 1.807) is 12.5 Å². The van der Waals surface area contributed by atoms with Gasteiger partial charge in [-0.2, -0.15) is 5.10 Å². The summed E-state index contributed by atoms with van der Waals surface area (Å²) >= 11 is 0. The van der Waals surface area contributed by atoms with E-state index in [0.29, 0.717) is 0 Å². The van der Waals surface area contributed by atoms with Crippen LogP contribution in [0.5, 0.6) is 0 Å². The van der Waals surface area contributed by atoms with Gasteiger partial charge in [0.15, 0.2) is 0 Å². The molecule has 2 aromatic rings. The molecule has 0 bridgehead atoms. The summed E-state index contributed by atoms with van der Waals surface area (Å²) in [6.07, 6.45) is 11.2. The number of amides is 1. The fourth-order valence-electron chi connectivity index (χ4n) is 2.96. The van der Waals surface area contributed by atoms with Crippen LogP contribution < -0.4 is 0 Å². The predicted molar refractivity (Wildman–Crippen MR) is 78.6 cm³/mol. The van der Waals surface area contributed by atoms with Gasteiger partial charge in [-0.05, 0) is 32.3 Å². The molecular formula is C15H21N5O. The maximum atomic E-state index is 12.7. The van der Waals surface area contributed by atoms with E-state index in [1.807, 2.05) is 46.6 Å². The molecule has 1 aliphatic heterocycles. The van der Waals surface area contributed by atoms with Crippen LogP contribution in [0.1, 0.15) is 31.4 Å². The van der Waals surface area contributed by atoms with Gasteiger partial charge in [0, 0.05) is 25.1 Å². The molecular weight excluding hydrogens is 266 g/mol. The van der Waals surface area contributed by atoms with Gasteiger partial charge >= 0.3 is 0 Å². The molecule has 3 rings (SSSR count). The number of imidazole rings is 1. The van der Waals surface area contributed by atoms with Crippen molar-refractivity contribution >= 4 is 5.91 Å². The Balaban J connectivity index is 1.70. The van der Waals surface area contributed by atoms with Gasteiger partial charge in [0.05, 0.1) is 25.1 Å². The van der Waals surface area contributed by atoms with Crippen LogP contribution in [-0.2, 0) is 11.3 Å². The summed E-state index contributed by atoms with van der Waals surface area (Å²) in [4.78, 5) is 18.7. The normalized spacial score (nSPS) is 19.9. The van der Waals surface area contributed by atoms with Crippen LogP contribution >= 0.6 is 0 Å². The first-order valence-electron chi connectivity index (χ1n) is 7.42. The van der Waals surface area contributed by atoms with Gasteiger partial charge < -0.3 is 9.47 Å². The van der Waals surface area contributed by atoms with E-state index in [0.717, 1.165) is 31.5 Å². The van der Waals surface area contributed by atoms with Gasteiger partial charge in [-0.3, -0.25) is 9.48 Å². The Kier molecular flexibility index (Phi) is 3.77. The quantitative estimate of drug-likeness (QED) is 0.859. The van der Waals surface area contributed by atoms with Crippen molar-refractivity contribution in [2.24, 2.45) is 0 Å². The molecule has 0 unspecified atom stereocenters. The van der Waals surface area contributed by atoms with E-state index in [-0.39, 0.29) is 18.0 Å². The van der Waals surface area contributed by atoms with Gasteiger partial charge in [-0.1, -0.05) is 0 Å².